The highest BCUT2D eigenvalue weighted by atomic mass is 16.7. The van der Waals surface area contributed by atoms with Gasteiger partial charge in [-0.2, -0.15) is 0 Å². The topological polar surface area (TPSA) is 129 Å². The van der Waals surface area contributed by atoms with E-state index in [4.69, 9.17) is 19.0 Å². The number of benzene rings is 2. The van der Waals surface area contributed by atoms with Crippen molar-refractivity contribution in [2.75, 3.05) is 13.9 Å². The minimum absolute atomic E-state index is 0.0360. The lowest BCUT2D eigenvalue weighted by Crippen LogP contribution is -2.11. The molecule has 31 heavy (non-hydrogen) atoms. The summed E-state index contributed by atoms with van der Waals surface area (Å²) in [5.41, 5.74) is -0.0364. The number of carbonyl (C=O) groups excluding carboxylic acids is 1. The molecule has 0 bridgehead atoms. The average molecular weight is 423 g/mol. The maximum atomic E-state index is 13.1. The van der Waals surface area contributed by atoms with Gasteiger partial charge >= 0.3 is 5.97 Å². The average Bonchev–Trinajstić information content (AvgIpc) is 3.25. The van der Waals surface area contributed by atoms with Gasteiger partial charge in [0.05, 0.1) is 4.92 Å². The van der Waals surface area contributed by atoms with Gasteiger partial charge in [0.2, 0.25) is 11.5 Å². The monoisotopic (exact) mass is 423 g/mol. The van der Waals surface area contributed by atoms with Crippen molar-refractivity contribution in [3.63, 3.8) is 0 Å². The normalized spacial score (nSPS) is 10.9. The van der Waals surface area contributed by atoms with Crippen LogP contribution in [-0.4, -0.2) is 35.7 Å². The van der Waals surface area contributed by atoms with Crippen LogP contribution in [0.2, 0.25) is 0 Å². The Morgan fingerprint density at radius 1 is 1.10 bits per heavy atom. The second-order valence-electron chi connectivity index (χ2n) is 6.22. The molecule has 0 unspecified atom stereocenters. The number of ether oxygens (including phenoxy) is 2. The van der Waals surface area contributed by atoms with Gasteiger partial charge in [-0.15, -0.1) is 0 Å². The number of nitro groups is 1. The van der Waals surface area contributed by atoms with E-state index in [0.29, 0.717) is 5.56 Å². The molecular weight excluding hydrogens is 406 g/mol. The molecule has 3 aromatic rings. The molecule has 158 valence electrons. The molecule has 0 fully saturated rings. The molecule has 0 spiro atoms. The fourth-order valence-electron chi connectivity index (χ4n) is 2.83. The van der Waals surface area contributed by atoms with E-state index in [1.165, 1.54) is 43.5 Å². The first-order chi connectivity index (χ1) is 14.9. The first-order valence-corrected chi connectivity index (χ1v) is 8.96. The van der Waals surface area contributed by atoms with Crippen molar-refractivity contribution in [2.45, 2.75) is 0 Å². The van der Waals surface area contributed by atoms with Gasteiger partial charge < -0.3 is 19.0 Å². The zero-order chi connectivity index (χ0) is 22.4. The number of carbonyl (C=O) groups is 2. The van der Waals surface area contributed by atoms with Crippen LogP contribution >= 0.6 is 0 Å². The lowest BCUT2D eigenvalue weighted by atomic mass is 9.97. The van der Waals surface area contributed by atoms with E-state index < -0.39 is 22.4 Å². The standard InChI is InChI=1S/C22H17NO8/c1-29-13-30-21-15(7-9-16-10-12-18(31-16)22(25)26)8-11-17(23(27)28)19(21)20(24)14-5-3-2-4-6-14/h2-12H,13H2,1H3,(H,25,26)/b9-7+. The third-order valence-corrected chi connectivity index (χ3v) is 4.21. The van der Waals surface area contributed by atoms with Gasteiger partial charge in [-0.1, -0.05) is 30.3 Å². The van der Waals surface area contributed by atoms with E-state index in [0.717, 1.165) is 0 Å². The highest BCUT2D eigenvalue weighted by Gasteiger charge is 2.28. The van der Waals surface area contributed by atoms with Gasteiger partial charge in [0, 0.05) is 24.3 Å². The Morgan fingerprint density at radius 3 is 2.45 bits per heavy atom. The first-order valence-electron chi connectivity index (χ1n) is 8.96. The summed E-state index contributed by atoms with van der Waals surface area (Å²) in [5.74, 6) is -1.83. The van der Waals surface area contributed by atoms with E-state index >= 15 is 0 Å². The number of furan rings is 1. The van der Waals surface area contributed by atoms with Crippen molar-refractivity contribution in [1.82, 2.24) is 0 Å². The molecule has 0 aliphatic carbocycles. The van der Waals surface area contributed by atoms with Crippen LogP contribution in [0.5, 0.6) is 5.75 Å². The van der Waals surface area contributed by atoms with Crippen LogP contribution < -0.4 is 4.74 Å². The van der Waals surface area contributed by atoms with Gasteiger partial charge in [-0.05, 0) is 30.4 Å². The Balaban J connectivity index is 2.12. The molecule has 0 amide bonds. The predicted octanol–water partition coefficient (Wildman–Crippen LogP) is 4.27. The summed E-state index contributed by atoms with van der Waals surface area (Å²) in [6.45, 7) is -0.249. The van der Waals surface area contributed by atoms with E-state index in [2.05, 4.69) is 0 Å². The second-order valence-corrected chi connectivity index (χ2v) is 6.22. The Kier molecular flexibility index (Phi) is 6.58. The van der Waals surface area contributed by atoms with E-state index in [-0.39, 0.29) is 35.2 Å². The summed E-state index contributed by atoms with van der Waals surface area (Å²) in [7, 11) is 1.38. The van der Waals surface area contributed by atoms with Crippen LogP contribution in [0, 0.1) is 10.1 Å². The molecule has 0 aliphatic heterocycles. The summed E-state index contributed by atoms with van der Waals surface area (Å²) in [5, 5.41) is 20.6. The van der Waals surface area contributed by atoms with Gasteiger partial charge in [-0.25, -0.2) is 4.79 Å². The fraction of sp³-hybridized carbons (Fsp3) is 0.0909. The number of nitro benzene ring substituents is 1. The van der Waals surface area contributed by atoms with Crippen LogP contribution in [0.4, 0.5) is 5.69 Å². The van der Waals surface area contributed by atoms with Crippen LogP contribution in [0.25, 0.3) is 12.2 Å². The van der Waals surface area contributed by atoms with Crippen molar-refractivity contribution in [3.8, 4) is 5.75 Å². The number of rotatable bonds is 9. The summed E-state index contributed by atoms with van der Waals surface area (Å²) in [6.07, 6.45) is 2.96. The maximum Gasteiger partial charge on any atom is 0.371 e. The molecule has 1 heterocycles. The first kappa shape index (κ1) is 21.5. The SMILES string of the molecule is COCOc1c(/C=C/c2ccc(C(=O)O)o2)ccc([N+](=O)[O-])c1C(=O)c1ccccc1. The zero-order valence-corrected chi connectivity index (χ0v) is 16.3. The molecule has 0 saturated heterocycles. The largest absolute Gasteiger partial charge is 0.475 e. The quantitative estimate of drug-likeness (QED) is 0.234. The Bertz CT molecular complexity index is 1150. The number of nitrogens with zero attached hydrogens (tertiary/aromatic N) is 1. The maximum absolute atomic E-state index is 13.1. The van der Waals surface area contributed by atoms with Crippen molar-refractivity contribution in [1.29, 1.82) is 0 Å². The molecule has 0 radical (unpaired) electrons. The molecule has 1 N–H and O–H groups in total. The number of hydrogen-bond donors (Lipinski definition) is 1. The third kappa shape index (κ3) is 4.85. The molecule has 0 saturated carbocycles. The van der Waals surface area contributed by atoms with Crippen molar-refractivity contribution in [3.05, 3.63) is 92.9 Å². The van der Waals surface area contributed by atoms with Crippen LogP contribution in [0.3, 0.4) is 0 Å². The van der Waals surface area contributed by atoms with Crippen LogP contribution in [0.1, 0.15) is 37.8 Å². The highest BCUT2D eigenvalue weighted by molar-refractivity contribution is 6.14. The second kappa shape index (κ2) is 9.51. The summed E-state index contributed by atoms with van der Waals surface area (Å²) >= 11 is 0. The number of aromatic carboxylic acids is 1. The third-order valence-electron chi connectivity index (χ3n) is 4.21. The zero-order valence-electron chi connectivity index (χ0n) is 16.3. The minimum Gasteiger partial charge on any atom is -0.475 e. The summed E-state index contributed by atoms with van der Waals surface area (Å²) < 4.78 is 15.7. The fourth-order valence-corrected chi connectivity index (χ4v) is 2.83. The molecule has 9 heteroatoms. The summed E-state index contributed by atoms with van der Waals surface area (Å²) in [4.78, 5) is 35.1. The summed E-state index contributed by atoms with van der Waals surface area (Å²) in [6, 6.07) is 13.5. The van der Waals surface area contributed by atoms with Crippen LogP contribution in [0.15, 0.2) is 59.0 Å². The lowest BCUT2D eigenvalue weighted by Gasteiger charge is -2.13. The van der Waals surface area contributed by atoms with Crippen LogP contribution in [-0.2, 0) is 4.74 Å². The Hall–Kier alpha value is -4.24. The Labute approximate surface area is 176 Å². The number of hydrogen-bond acceptors (Lipinski definition) is 7. The van der Waals surface area contributed by atoms with Crippen molar-refractivity contribution < 1.29 is 33.5 Å². The van der Waals surface area contributed by atoms with Gasteiger partial charge in [0.15, 0.2) is 6.79 Å². The Morgan fingerprint density at radius 2 is 1.84 bits per heavy atom. The number of ketones is 1. The van der Waals surface area contributed by atoms with Gasteiger partial charge in [-0.3, -0.25) is 14.9 Å². The highest BCUT2D eigenvalue weighted by Crippen LogP contribution is 2.35. The lowest BCUT2D eigenvalue weighted by molar-refractivity contribution is -0.385. The predicted molar refractivity (Wildman–Crippen MR) is 110 cm³/mol. The molecule has 1 aromatic heterocycles. The molecule has 0 atom stereocenters. The van der Waals surface area contributed by atoms with E-state index in [1.54, 1.807) is 30.3 Å². The van der Waals surface area contributed by atoms with Crippen molar-refractivity contribution in [2.24, 2.45) is 0 Å². The molecule has 9 nitrogen and oxygen atoms in total. The molecular formula is C22H17NO8. The van der Waals surface area contributed by atoms with E-state index in [9.17, 15) is 19.7 Å². The smallest absolute Gasteiger partial charge is 0.371 e. The number of carboxylic acid groups (broad SMARTS) is 1. The molecule has 0 aliphatic rings. The minimum atomic E-state index is -1.21. The number of methoxy groups -OCH3 is 1. The van der Waals surface area contributed by atoms with E-state index in [1.807, 2.05) is 0 Å². The molecule has 3 rings (SSSR count). The molecule has 2 aromatic carbocycles. The number of carboxylic acids is 1. The van der Waals surface area contributed by atoms with Crippen molar-refractivity contribution >= 4 is 29.6 Å². The van der Waals surface area contributed by atoms with Gasteiger partial charge in [0.25, 0.3) is 5.69 Å². The van der Waals surface area contributed by atoms with Gasteiger partial charge in [0.1, 0.15) is 17.1 Å².